The van der Waals surface area contributed by atoms with Crippen LogP contribution < -0.4 is 5.32 Å². The smallest absolute Gasteiger partial charge is 0.475 e. The summed E-state index contributed by atoms with van der Waals surface area (Å²) in [6.07, 6.45) is -7.32. The van der Waals surface area contributed by atoms with Crippen molar-refractivity contribution in [2.24, 2.45) is 5.41 Å². The van der Waals surface area contributed by atoms with Crippen molar-refractivity contribution in [3.63, 3.8) is 0 Å². The van der Waals surface area contributed by atoms with Gasteiger partial charge in [0.25, 0.3) is 0 Å². The minimum Gasteiger partial charge on any atom is -0.475 e. The number of rotatable bonds is 1. The monoisotopic (exact) mass is 368 g/mol. The number of aliphatic carboxylic acids is 2. The summed E-state index contributed by atoms with van der Waals surface area (Å²) in [4.78, 5) is 20.1. The summed E-state index contributed by atoms with van der Waals surface area (Å²) in [7, 11) is 4.37. The van der Waals surface area contributed by atoms with E-state index in [-0.39, 0.29) is 0 Å². The number of hydrogen-bond donors (Lipinski definition) is 3. The second kappa shape index (κ2) is 8.01. The highest BCUT2D eigenvalue weighted by Gasteiger charge is 2.48. The van der Waals surface area contributed by atoms with Gasteiger partial charge in [-0.3, -0.25) is 0 Å². The van der Waals surface area contributed by atoms with Crippen LogP contribution >= 0.6 is 0 Å². The van der Waals surface area contributed by atoms with Gasteiger partial charge < -0.3 is 20.4 Å². The lowest BCUT2D eigenvalue weighted by Crippen LogP contribution is -2.64. The molecule has 1 aliphatic heterocycles. The van der Waals surface area contributed by atoms with E-state index in [4.69, 9.17) is 19.8 Å². The molecular weight excluding hydrogens is 350 g/mol. The third-order valence-electron chi connectivity index (χ3n) is 3.55. The Balaban J connectivity index is 0.000000343. The Morgan fingerprint density at radius 3 is 1.38 bits per heavy atom. The molecule has 1 aliphatic carbocycles. The normalized spacial score (nSPS) is 19.2. The highest BCUT2D eigenvalue weighted by molar-refractivity contribution is 5.73. The van der Waals surface area contributed by atoms with Crippen molar-refractivity contribution < 1.29 is 46.1 Å². The van der Waals surface area contributed by atoms with Crippen LogP contribution in [-0.4, -0.2) is 72.6 Å². The van der Waals surface area contributed by atoms with Gasteiger partial charge in [0.1, 0.15) is 0 Å². The molecule has 0 unspecified atom stereocenters. The summed E-state index contributed by atoms with van der Waals surface area (Å²) in [6, 6.07) is 0.877. The zero-order chi connectivity index (χ0) is 19.3. The summed E-state index contributed by atoms with van der Waals surface area (Å²) in [5, 5.41) is 17.6. The van der Waals surface area contributed by atoms with E-state index in [9.17, 15) is 26.3 Å². The zero-order valence-electron chi connectivity index (χ0n) is 12.8. The first kappa shape index (κ1) is 22.4. The molecule has 1 heterocycles. The second-order valence-corrected chi connectivity index (χ2v) is 5.74. The molecule has 0 aromatic heterocycles. The lowest BCUT2D eigenvalue weighted by molar-refractivity contribution is -0.193. The summed E-state index contributed by atoms with van der Waals surface area (Å²) in [5.74, 6) is -5.51. The first-order valence-electron chi connectivity index (χ1n) is 6.58. The Bertz CT molecular complexity index is 414. The van der Waals surface area contributed by atoms with Crippen LogP contribution in [0.2, 0.25) is 0 Å². The Labute approximate surface area is 133 Å². The van der Waals surface area contributed by atoms with E-state index in [1.165, 1.54) is 25.9 Å². The first-order valence-corrected chi connectivity index (χ1v) is 6.58. The Hall–Kier alpha value is -1.56. The summed E-state index contributed by atoms with van der Waals surface area (Å²) >= 11 is 0. The highest BCUT2D eigenvalue weighted by atomic mass is 19.4. The zero-order valence-corrected chi connectivity index (χ0v) is 12.8. The third kappa shape index (κ3) is 7.34. The second-order valence-electron chi connectivity index (χ2n) is 5.74. The Kier molecular flexibility index (Phi) is 7.49. The molecular formula is C12H18F6N2O4. The van der Waals surface area contributed by atoms with E-state index < -0.39 is 24.3 Å². The van der Waals surface area contributed by atoms with Crippen molar-refractivity contribution in [1.29, 1.82) is 0 Å². The van der Waals surface area contributed by atoms with Crippen molar-refractivity contribution in [3.05, 3.63) is 0 Å². The van der Waals surface area contributed by atoms with Gasteiger partial charge in [0.05, 0.1) is 0 Å². The van der Waals surface area contributed by atoms with Gasteiger partial charge in [0, 0.05) is 19.1 Å². The van der Waals surface area contributed by atoms with E-state index in [1.807, 2.05) is 0 Å². The van der Waals surface area contributed by atoms with Gasteiger partial charge >= 0.3 is 24.3 Å². The van der Waals surface area contributed by atoms with E-state index in [1.54, 1.807) is 0 Å². The topological polar surface area (TPSA) is 89.9 Å². The van der Waals surface area contributed by atoms with E-state index in [2.05, 4.69) is 24.3 Å². The number of carbonyl (C=O) groups is 2. The minimum atomic E-state index is -5.08. The molecule has 6 nitrogen and oxygen atoms in total. The molecule has 0 atom stereocenters. The third-order valence-corrected chi connectivity index (χ3v) is 3.55. The van der Waals surface area contributed by atoms with Crippen molar-refractivity contribution in [1.82, 2.24) is 10.2 Å². The molecule has 0 aromatic rings. The van der Waals surface area contributed by atoms with Crippen molar-refractivity contribution in [3.8, 4) is 0 Å². The lowest BCUT2D eigenvalue weighted by Gasteiger charge is -2.56. The first-order chi connectivity index (χ1) is 10.6. The van der Waals surface area contributed by atoms with Crippen molar-refractivity contribution in [2.75, 3.05) is 27.2 Å². The molecule has 0 amide bonds. The molecule has 3 N–H and O–H groups in total. The number of alkyl halides is 6. The number of halogens is 6. The summed E-state index contributed by atoms with van der Waals surface area (Å²) < 4.78 is 63.5. The fraction of sp³-hybridized carbons (Fsp3) is 0.833. The molecule has 1 saturated carbocycles. The van der Waals surface area contributed by atoms with Crippen LogP contribution in [0.1, 0.15) is 12.8 Å². The minimum absolute atomic E-state index is 0.745. The Morgan fingerprint density at radius 1 is 0.958 bits per heavy atom. The van der Waals surface area contributed by atoms with Gasteiger partial charge in [-0.1, -0.05) is 0 Å². The molecule has 2 fully saturated rings. The fourth-order valence-electron chi connectivity index (χ4n) is 2.07. The van der Waals surface area contributed by atoms with Gasteiger partial charge in [-0.05, 0) is 32.4 Å². The molecule has 2 rings (SSSR count). The maximum Gasteiger partial charge on any atom is 0.490 e. The van der Waals surface area contributed by atoms with Gasteiger partial charge in [-0.2, -0.15) is 26.3 Å². The van der Waals surface area contributed by atoms with Gasteiger partial charge in [0.15, 0.2) is 0 Å². The Morgan fingerprint density at radius 2 is 1.25 bits per heavy atom. The molecule has 12 heteroatoms. The molecule has 142 valence electrons. The quantitative estimate of drug-likeness (QED) is 0.609. The molecule has 0 radical (unpaired) electrons. The predicted octanol–water partition coefficient (Wildman–Crippen LogP) is 1.57. The van der Waals surface area contributed by atoms with Crippen LogP contribution in [0.15, 0.2) is 0 Å². The van der Waals surface area contributed by atoms with Gasteiger partial charge in [0.2, 0.25) is 0 Å². The fourth-order valence-corrected chi connectivity index (χ4v) is 2.07. The van der Waals surface area contributed by atoms with E-state index >= 15 is 0 Å². The maximum absolute atomic E-state index is 10.6. The average Bonchev–Trinajstić information content (AvgIpc) is 2.23. The van der Waals surface area contributed by atoms with Crippen molar-refractivity contribution >= 4 is 11.9 Å². The lowest BCUT2D eigenvalue weighted by atomic mass is 9.61. The van der Waals surface area contributed by atoms with E-state index in [0.29, 0.717) is 0 Å². The molecule has 2 aliphatic rings. The predicted molar refractivity (Wildman–Crippen MR) is 69.4 cm³/mol. The van der Waals surface area contributed by atoms with Crippen LogP contribution in [-0.2, 0) is 9.59 Å². The number of carboxylic acids is 2. The summed E-state index contributed by atoms with van der Waals surface area (Å²) in [5.41, 5.74) is 0.745. The highest BCUT2D eigenvalue weighted by Crippen LogP contribution is 2.45. The molecule has 24 heavy (non-hydrogen) atoms. The average molecular weight is 368 g/mol. The van der Waals surface area contributed by atoms with Crippen LogP contribution in [0.25, 0.3) is 0 Å². The van der Waals surface area contributed by atoms with Gasteiger partial charge in [-0.15, -0.1) is 0 Å². The maximum atomic E-state index is 10.6. The number of hydrogen-bond acceptors (Lipinski definition) is 4. The summed E-state index contributed by atoms with van der Waals surface area (Å²) in [6.45, 7) is 2.55. The van der Waals surface area contributed by atoms with Gasteiger partial charge in [-0.25, -0.2) is 9.59 Å². The standard InChI is InChI=1S/C8H16N2.2C2HF3O2/c1-10(2)7-3-8(4-7)5-9-6-8;2*3-2(4,5)1(6)7/h7,9H,3-6H2,1-2H3;2*(H,6,7). The number of nitrogens with one attached hydrogen (secondary N) is 1. The van der Waals surface area contributed by atoms with Crippen LogP contribution in [0.4, 0.5) is 26.3 Å². The number of carboxylic acid groups (broad SMARTS) is 2. The molecule has 0 aromatic carbocycles. The number of nitrogens with zero attached hydrogens (tertiary/aromatic N) is 1. The molecule has 0 bridgehead atoms. The van der Waals surface area contributed by atoms with Crippen LogP contribution in [0.5, 0.6) is 0 Å². The van der Waals surface area contributed by atoms with E-state index in [0.717, 1.165) is 11.5 Å². The van der Waals surface area contributed by atoms with Crippen LogP contribution in [0.3, 0.4) is 0 Å². The van der Waals surface area contributed by atoms with Crippen molar-refractivity contribution in [2.45, 2.75) is 31.2 Å². The molecule has 1 saturated heterocycles. The largest absolute Gasteiger partial charge is 0.490 e. The van der Waals surface area contributed by atoms with Crippen LogP contribution in [0, 0.1) is 5.41 Å². The SMILES string of the molecule is CN(C)C1CC2(CNC2)C1.O=C(O)C(F)(F)F.O=C(O)C(F)(F)F. The molecule has 1 spiro atoms.